The summed E-state index contributed by atoms with van der Waals surface area (Å²) in [6.07, 6.45) is 5.71. The molecule has 0 bridgehead atoms. The molecule has 0 aliphatic carbocycles. The van der Waals surface area contributed by atoms with Crippen LogP contribution in [-0.2, 0) is 25.7 Å². The second-order valence-corrected chi connectivity index (χ2v) is 9.23. The molecule has 3 aromatic rings. The quantitative estimate of drug-likeness (QED) is 0.244. The first-order chi connectivity index (χ1) is 19.9. The van der Waals surface area contributed by atoms with Crippen molar-refractivity contribution in [2.75, 3.05) is 25.5 Å². The van der Waals surface area contributed by atoms with E-state index >= 15 is 0 Å². The highest BCUT2D eigenvalue weighted by Crippen LogP contribution is 2.24. The van der Waals surface area contributed by atoms with Crippen LogP contribution < -0.4 is 5.32 Å². The molecular formula is C29H33FN4O8. The fourth-order valence-corrected chi connectivity index (χ4v) is 3.97. The van der Waals surface area contributed by atoms with Gasteiger partial charge in [0.15, 0.2) is 0 Å². The van der Waals surface area contributed by atoms with Gasteiger partial charge in [0.2, 0.25) is 5.95 Å². The van der Waals surface area contributed by atoms with Crippen molar-refractivity contribution in [1.82, 2.24) is 14.5 Å². The Labute approximate surface area is 241 Å². The van der Waals surface area contributed by atoms with Crippen LogP contribution in [0.4, 0.5) is 10.3 Å². The normalized spacial score (nSPS) is 15.2. The number of rotatable bonds is 8. The molecule has 1 atom stereocenters. The maximum absolute atomic E-state index is 13.2. The molecule has 0 radical (unpaired) electrons. The van der Waals surface area contributed by atoms with E-state index in [1.165, 1.54) is 18.6 Å². The molecule has 12 nitrogen and oxygen atoms in total. The highest BCUT2D eigenvalue weighted by Gasteiger charge is 2.18. The lowest BCUT2D eigenvalue weighted by Crippen LogP contribution is -2.24. The number of imidazole rings is 1. The van der Waals surface area contributed by atoms with Gasteiger partial charge in [-0.2, -0.15) is 0 Å². The molecule has 0 amide bonds. The van der Waals surface area contributed by atoms with Crippen molar-refractivity contribution in [2.24, 2.45) is 0 Å². The summed E-state index contributed by atoms with van der Waals surface area (Å²) >= 11 is 0. The molecule has 42 heavy (non-hydrogen) atoms. The van der Waals surface area contributed by atoms with Crippen LogP contribution in [0.15, 0.2) is 72.8 Å². The number of hydrogen-bond donors (Lipinski definition) is 5. The van der Waals surface area contributed by atoms with E-state index in [2.05, 4.69) is 27.9 Å². The second-order valence-electron chi connectivity index (χ2n) is 9.23. The largest absolute Gasteiger partial charge is 0.478 e. The summed E-state index contributed by atoms with van der Waals surface area (Å²) in [7, 11) is 2.19. The number of hydrogen-bond acceptors (Lipinski definition) is 7. The van der Waals surface area contributed by atoms with E-state index in [1.54, 1.807) is 0 Å². The molecule has 2 heterocycles. The van der Waals surface area contributed by atoms with Crippen LogP contribution in [0.1, 0.15) is 24.8 Å². The molecule has 1 saturated heterocycles. The third-order valence-corrected chi connectivity index (χ3v) is 5.93. The van der Waals surface area contributed by atoms with Crippen LogP contribution in [0.3, 0.4) is 0 Å². The molecule has 5 N–H and O–H groups in total. The highest BCUT2D eigenvalue weighted by atomic mass is 19.1. The third kappa shape index (κ3) is 12.4. The summed E-state index contributed by atoms with van der Waals surface area (Å²) < 4.78 is 15.4. The average Bonchev–Trinajstić information content (AvgIpc) is 3.13. The Hall–Kier alpha value is -5.04. The maximum atomic E-state index is 13.2. The van der Waals surface area contributed by atoms with Crippen molar-refractivity contribution >= 4 is 40.9 Å². The van der Waals surface area contributed by atoms with Crippen molar-refractivity contribution in [3.63, 3.8) is 0 Å². The Kier molecular flexibility index (Phi) is 13.4. The SMILES string of the molecule is CN1CCCC(Nc2nc3ccccc3n2Cc2ccc(F)cc2)CC1.O=C(O)C=CC(=O)O.O=C(O)C=CC(=O)O. The number of fused-ring (bicyclic) bond motifs is 1. The molecule has 13 heteroatoms. The van der Waals surface area contributed by atoms with Gasteiger partial charge in [-0.25, -0.2) is 28.6 Å². The molecular weight excluding hydrogens is 551 g/mol. The number of benzene rings is 2. The highest BCUT2D eigenvalue weighted by molar-refractivity contribution is 5.90. The number of likely N-dealkylation sites (tertiary alicyclic amines) is 1. The number of carboxylic acids is 4. The van der Waals surface area contributed by atoms with Crippen molar-refractivity contribution in [3.8, 4) is 0 Å². The van der Waals surface area contributed by atoms with Gasteiger partial charge in [0.1, 0.15) is 5.82 Å². The summed E-state index contributed by atoms with van der Waals surface area (Å²) in [6.45, 7) is 2.94. The Balaban J connectivity index is 0.000000319. The van der Waals surface area contributed by atoms with E-state index in [1.807, 2.05) is 30.3 Å². The van der Waals surface area contributed by atoms with Crippen molar-refractivity contribution in [1.29, 1.82) is 0 Å². The first kappa shape index (κ1) is 33.2. The number of nitrogens with zero attached hydrogens (tertiary/aromatic N) is 3. The van der Waals surface area contributed by atoms with E-state index in [0.717, 1.165) is 48.5 Å². The number of aliphatic carboxylic acids is 4. The number of anilines is 1. The van der Waals surface area contributed by atoms with Gasteiger partial charge >= 0.3 is 23.9 Å². The molecule has 0 saturated carbocycles. The Morgan fingerprint density at radius 3 is 1.95 bits per heavy atom. The predicted molar refractivity (Wildman–Crippen MR) is 153 cm³/mol. The zero-order chi connectivity index (χ0) is 31.1. The third-order valence-electron chi connectivity index (χ3n) is 5.93. The number of para-hydroxylation sites is 2. The Bertz CT molecular complexity index is 1350. The van der Waals surface area contributed by atoms with Crippen LogP contribution in [0.5, 0.6) is 0 Å². The topological polar surface area (TPSA) is 182 Å². The summed E-state index contributed by atoms with van der Waals surface area (Å²) in [5, 5.41) is 34.9. The van der Waals surface area contributed by atoms with Crippen LogP contribution in [0.25, 0.3) is 11.0 Å². The summed E-state index contributed by atoms with van der Waals surface area (Å²) in [5.41, 5.74) is 3.16. The zero-order valence-corrected chi connectivity index (χ0v) is 22.9. The van der Waals surface area contributed by atoms with Gasteiger partial charge < -0.3 is 35.2 Å². The molecule has 1 unspecified atom stereocenters. The summed E-state index contributed by atoms with van der Waals surface area (Å²) in [6, 6.07) is 15.3. The molecule has 1 aromatic heterocycles. The minimum absolute atomic E-state index is 0.204. The molecule has 2 aromatic carbocycles. The van der Waals surface area contributed by atoms with E-state index in [0.29, 0.717) is 36.9 Å². The maximum Gasteiger partial charge on any atom is 0.328 e. The molecule has 0 spiro atoms. The lowest BCUT2D eigenvalue weighted by molar-refractivity contribution is -0.134. The summed E-state index contributed by atoms with van der Waals surface area (Å²) in [4.78, 5) is 45.4. The Morgan fingerprint density at radius 2 is 1.40 bits per heavy atom. The molecule has 1 aliphatic rings. The lowest BCUT2D eigenvalue weighted by Gasteiger charge is -2.19. The van der Waals surface area contributed by atoms with Gasteiger partial charge in [0.05, 0.1) is 17.6 Å². The van der Waals surface area contributed by atoms with Gasteiger partial charge in [-0.15, -0.1) is 0 Å². The molecule has 4 rings (SSSR count). The number of nitrogens with one attached hydrogen (secondary N) is 1. The van der Waals surface area contributed by atoms with Gasteiger partial charge in [-0.1, -0.05) is 24.3 Å². The Morgan fingerprint density at radius 1 is 0.857 bits per heavy atom. The predicted octanol–water partition coefficient (Wildman–Crippen LogP) is 3.54. The van der Waals surface area contributed by atoms with Crippen molar-refractivity contribution < 1.29 is 44.0 Å². The summed E-state index contributed by atoms with van der Waals surface area (Å²) in [5.74, 6) is -4.32. The van der Waals surface area contributed by atoms with E-state index in [-0.39, 0.29) is 5.82 Å². The first-order valence-electron chi connectivity index (χ1n) is 12.9. The van der Waals surface area contributed by atoms with Gasteiger partial charge in [-0.05, 0) is 69.2 Å². The molecule has 1 aliphatic heterocycles. The number of carbonyl (C=O) groups is 4. The fraction of sp³-hybridized carbons (Fsp3) is 0.276. The fourth-order valence-electron chi connectivity index (χ4n) is 3.97. The number of halogens is 1. The van der Waals surface area contributed by atoms with Crippen LogP contribution in [-0.4, -0.2) is 84.9 Å². The second kappa shape index (κ2) is 16.9. The smallest absolute Gasteiger partial charge is 0.328 e. The van der Waals surface area contributed by atoms with Crippen LogP contribution in [0, 0.1) is 5.82 Å². The van der Waals surface area contributed by atoms with Gasteiger partial charge in [0, 0.05) is 30.3 Å². The van der Waals surface area contributed by atoms with Crippen molar-refractivity contribution in [3.05, 3.63) is 84.2 Å². The van der Waals surface area contributed by atoms with E-state index in [4.69, 9.17) is 25.4 Å². The van der Waals surface area contributed by atoms with Gasteiger partial charge in [-0.3, -0.25) is 0 Å². The minimum Gasteiger partial charge on any atom is -0.478 e. The first-order valence-corrected chi connectivity index (χ1v) is 12.9. The minimum atomic E-state index is -1.26. The van der Waals surface area contributed by atoms with Crippen molar-refractivity contribution in [2.45, 2.75) is 31.8 Å². The number of aromatic nitrogens is 2. The molecule has 1 fully saturated rings. The average molecular weight is 585 g/mol. The number of carboxylic acid groups (broad SMARTS) is 4. The standard InChI is InChI=1S/C21H25FN4.2C4H4O4/c1-25-13-4-5-18(12-14-25)23-21-24-19-6-2-3-7-20(19)26(21)15-16-8-10-17(22)11-9-16;2*5-3(6)1-2-4(7)8/h2-3,6-11,18H,4-5,12-15H2,1H3,(H,23,24);2*1-2H,(H,5,6)(H,7,8). The van der Waals surface area contributed by atoms with E-state index in [9.17, 15) is 23.6 Å². The lowest BCUT2D eigenvalue weighted by atomic mass is 10.1. The van der Waals surface area contributed by atoms with E-state index < -0.39 is 23.9 Å². The van der Waals surface area contributed by atoms with Crippen LogP contribution in [0.2, 0.25) is 0 Å². The van der Waals surface area contributed by atoms with Gasteiger partial charge in [0.25, 0.3) is 0 Å². The van der Waals surface area contributed by atoms with Crippen LogP contribution >= 0.6 is 0 Å². The molecule has 224 valence electrons. The monoisotopic (exact) mass is 584 g/mol. The zero-order valence-electron chi connectivity index (χ0n) is 22.9.